The standard InChI is InChI=1S/C22H43NO5/c1-2-3-8-17-9-11-18(12-10-17)28-14-7-5-4-6-13-23-15-20(25)22(27)21(26)19(23)16-24/h17-22,24-27H,2-16H2,1H3/t17?,18?,19-,20+,21-,22-/m1/s1. The molecule has 6 heteroatoms. The number of hydrogen-bond acceptors (Lipinski definition) is 6. The number of hydrogen-bond donors (Lipinski definition) is 4. The van der Waals surface area contributed by atoms with Crippen LogP contribution in [-0.4, -0.2) is 82.1 Å². The number of aliphatic hydroxyl groups is 4. The zero-order chi connectivity index (χ0) is 20.4. The fraction of sp³-hybridized carbons (Fsp3) is 1.00. The topological polar surface area (TPSA) is 93.4 Å². The minimum absolute atomic E-state index is 0.209. The lowest BCUT2D eigenvalue weighted by Gasteiger charge is -2.43. The van der Waals surface area contributed by atoms with Gasteiger partial charge in [0.05, 0.1) is 24.9 Å². The summed E-state index contributed by atoms with van der Waals surface area (Å²) >= 11 is 0. The summed E-state index contributed by atoms with van der Waals surface area (Å²) in [4.78, 5) is 1.90. The van der Waals surface area contributed by atoms with Gasteiger partial charge in [-0.1, -0.05) is 39.0 Å². The van der Waals surface area contributed by atoms with Crippen LogP contribution in [0.1, 0.15) is 77.6 Å². The van der Waals surface area contributed by atoms with Crippen LogP contribution in [0.25, 0.3) is 0 Å². The molecule has 6 nitrogen and oxygen atoms in total. The smallest absolute Gasteiger partial charge is 0.109 e. The summed E-state index contributed by atoms with van der Waals surface area (Å²) in [5.41, 5.74) is 0. The van der Waals surface area contributed by atoms with Gasteiger partial charge in [-0.3, -0.25) is 4.90 Å². The molecule has 0 spiro atoms. The second kappa shape index (κ2) is 13.1. The van der Waals surface area contributed by atoms with Crippen LogP contribution in [0.15, 0.2) is 0 Å². The molecule has 4 N–H and O–H groups in total. The summed E-state index contributed by atoms with van der Waals surface area (Å²) in [5, 5.41) is 39.1. The molecule has 0 bridgehead atoms. The van der Waals surface area contributed by atoms with Crippen molar-refractivity contribution in [1.29, 1.82) is 0 Å². The summed E-state index contributed by atoms with van der Waals surface area (Å²) < 4.78 is 6.07. The molecule has 2 fully saturated rings. The molecular formula is C22H43NO5. The number of nitrogens with zero attached hydrogens (tertiary/aromatic N) is 1. The van der Waals surface area contributed by atoms with Crippen molar-refractivity contribution in [2.75, 3.05) is 26.3 Å². The summed E-state index contributed by atoms with van der Waals surface area (Å²) in [6.07, 6.45) is 10.6. The third-order valence-electron chi connectivity index (χ3n) is 6.67. The van der Waals surface area contributed by atoms with Gasteiger partial charge in [0, 0.05) is 13.2 Å². The Morgan fingerprint density at radius 1 is 0.893 bits per heavy atom. The van der Waals surface area contributed by atoms with Gasteiger partial charge in [0.25, 0.3) is 0 Å². The third kappa shape index (κ3) is 7.54. The van der Waals surface area contributed by atoms with E-state index in [1.165, 1.54) is 44.9 Å². The Morgan fingerprint density at radius 3 is 2.29 bits per heavy atom. The molecule has 2 rings (SSSR count). The van der Waals surface area contributed by atoms with Crippen molar-refractivity contribution in [2.24, 2.45) is 5.92 Å². The van der Waals surface area contributed by atoms with Crippen LogP contribution in [0.3, 0.4) is 0 Å². The predicted octanol–water partition coefficient (Wildman–Crippen LogP) is 2.07. The molecule has 28 heavy (non-hydrogen) atoms. The van der Waals surface area contributed by atoms with E-state index in [1.54, 1.807) is 0 Å². The Labute approximate surface area is 170 Å². The number of rotatable bonds is 12. The Hall–Kier alpha value is -0.240. The van der Waals surface area contributed by atoms with Crippen molar-refractivity contribution in [1.82, 2.24) is 4.90 Å². The Morgan fingerprint density at radius 2 is 1.61 bits per heavy atom. The Bertz CT molecular complexity index is 402. The maximum absolute atomic E-state index is 10.0. The van der Waals surface area contributed by atoms with Crippen LogP contribution < -0.4 is 0 Å². The second-order valence-corrected chi connectivity index (χ2v) is 8.86. The van der Waals surface area contributed by atoms with Crippen LogP contribution in [0.4, 0.5) is 0 Å². The molecule has 0 aromatic carbocycles. The minimum atomic E-state index is -1.17. The van der Waals surface area contributed by atoms with Gasteiger partial charge in [-0.15, -0.1) is 0 Å². The van der Waals surface area contributed by atoms with Crippen LogP contribution in [0.5, 0.6) is 0 Å². The van der Waals surface area contributed by atoms with Gasteiger partial charge < -0.3 is 25.2 Å². The molecule has 1 aliphatic heterocycles. The second-order valence-electron chi connectivity index (χ2n) is 8.86. The van der Waals surface area contributed by atoms with Crippen molar-refractivity contribution in [3.63, 3.8) is 0 Å². The normalized spacial score (nSPS) is 34.6. The Kier molecular flexibility index (Phi) is 11.3. The molecule has 0 radical (unpaired) electrons. The number of β-amino-alcohol motifs (C(OH)–C–C–N with tert-alkyl or cyclic N) is 1. The quantitative estimate of drug-likeness (QED) is 0.374. The average molecular weight is 402 g/mol. The van der Waals surface area contributed by atoms with Crippen LogP contribution >= 0.6 is 0 Å². The van der Waals surface area contributed by atoms with Gasteiger partial charge in [0.2, 0.25) is 0 Å². The van der Waals surface area contributed by atoms with Crippen molar-refractivity contribution in [2.45, 2.75) is 108 Å². The fourth-order valence-corrected chi connectivity index (χ4v) is 4.74. The zero-order valence-electron chi connectivity index (χ0n) is 17.7. The van der Waals surface area contributed by atoms with Gasteiger partial charge in [0.15, 0.2) is 0 Å². The van der Waals surface area contributed by atoms with E-state index in [0.717, 1.165) is 38.2 Å². The lowest BCUT2D eigenvalue weighted by molar-refractivity contribution is -0.145. The monoisotopic (exact) mass is 401 g/mol. The molecule has 0 aromatic heterocycles. The maximum Gasteiger partial charge on any atom is 0.109 e. The molecule has 2 aliphatic rings. The summed E-state index contributed by atoms with van der Waals surface area (Å²) in [6, 6.07) is -0.491. The van der Waals surface area contributed by atoms with E-state index >= 15 is 0 Å². The molecule has 0 unspecified atom stereocenters. The number of likely N-dealkylation sites (tertiary alicyclic amines) is 1. The lowest BCUT2D eigenvalue weighted by atomic mass is 9.84. The van der Waals surface area contributed by atoms with Crippen LogP contribution in [0.2, 0.25) is 0 Å². The molecule has 166 valence electrons. The highest BCUT2D eigenvalue weighted by molar-refractivity contribution is 4.94. The largest absolute Gasteiger partial charge is 0.395 e. The number of piperidine rings is 1. The van der Waals surface area contributed by atoms with E-state index in [4.69, 9.17) is 4.74 Å². The van der Waals surface area contributed by atoms with Crippen molar-refractivity contribution >= 4 is 0 Å². The van der Waals surface area contributed by atoms with E-state index in [1.807, 2.05) is 4.90 Å². The first kappa shape index (κ1) is 24.0. The summed E-state index contributed by atoms with van der Waals surface area (Å²) in [5.74, 6) is 0.926. The molecule has 1 saturated heterocycles. The first-order valence-electron chi connectivity index (χ1n) is 11.6. The van der Waals surface area contributed by atoms with E-state index in [0.29, 0.717) is 19.2 Å². The number of unbranched alkanes of at least 4 members (excludes halogenated alkanes) is 4. The molecule has 4 atom stereocenters. The van der Waals surface area contributed by atoms with Gasteiger partial charge >= 0.3 is 0 Å². The van der Waals surface area contributed by atoms with E-state index in [-0.39, 0.29) is 6.61 Å². The van der Waals surface area contributed by atoms with Crippen molar-refractivity contribution in [3.8, 4) is 0 Å². The summed E-state index contributed by atoms with van der Waals surface area (Å²) in [7, 11) is 0. The van der Waals surface area contributed by atoms with Crippen molar-refractivity contribution < 1.29 is 25.2 Å². The van der Waals surface area contributed by atoms with Crippen molar-refractivity contribution in [3.05, 3.63) is 0 Å². The Balaban J connectivity index is 1.50. The highest BCUT2D eigenvalue weighted by atomic mass is 16.5. The molecular weight excluding hydrogens is 358 g/mol. The highest BCUT2D eigenvalue weighted by Crippen LogP contribution is 2.29. The first-order chi connectivity index (χ1) is 13.6. The molecule has 0 amide bonds. The number of aliphatic hydroxyl groups excluding tert-OH is 4. The minimum Gasteiger partial charge on any atom is -0.395 e. The molecule has 0 aromatic rings. The fourth-order valence-electron chi connectivity index (χ4n) is 4.74. The van der Waals surface area contributed by atoms with E-state index in [2.05, 4.69) is 6.92 Å². The van der Waals surface area contributed by atoms with Gasteiger partial charge in [-0.25, -0.2) is 0 Å². The lowest BCUT2D eigenvalue weighted by Crippen LogP contribution is -2.62. The first-order valence-corrected chi connectivity index (χ1v) is 11.6. The SMILES string of the molecule is CCCCC1CCC(OCCCCCCN2C[C@H](O)[C@@H](O)[C@H](O)[C@H]2CO)CC1. The molecule has 1 saturated carbocycles. The maximum atomic E-state index is 10.0. The molecule has 1 heterocycles. The van der Waals surface area contributed by atoms with E-state index < -0.39 is 24.4 Å². The van der Waals surface area contributed by atoms with Gasteiger partial charge in [0.1, 0.15) is 12.2 Å². The van der Waals surface area contributed by atoms with E-state index in [9.17, 15) is 20.4 Å². The van der Waals surface area contributed by atoms with Gasteiger partial charge in [-0.2, -0.15) is 0 Å². The highest BCUT2D eigenvalue weighted by Gasteiger charge is 2.40. The summed E-state index contributed by atoms with van der Waals surface area (Å²) in [6.45, 7) is 3.92. The third-order valence-corrected chi connectivity index (χ3v) is 6.67. The van der Waals surface area contributed by atoms with Crippen LogP contribution in [-0.2, 0) is 4.74 Å². The average Bonchev–Trinajstić information content (AvgIpc) is 2.71. The number of ether oxygens (including phenoxy) is 1. The zero-order valence-corrected chi connectivity index (χ0v) is 17.7. The van der Waals surface area contributed by atoms with Crippen LogP contribution in [0, 0.1) is 5.92 Å². The molecule has 1 aliphatic carbocycles. The van der Waals surface area contributed by atoms with Gasteiger partial charge in [-0.05, 0) is 51.0 Å². The predicted molar refractivity (Wildman–Crippen MR) is 110 cm³/mol.